The minimum absolute atomic E-state index is 0.188. The van der Waals surface area contributed by atoms with Crippen LogP contribution in [0, 0.1) is 5.92 Å². The van der Waals surface area contributed by atoms with Gasteiger partial charge in [-0.1, -0.05) is 121 Å². The number of Topliss-reactive ketones (excluding diaryl/α,β-unsaturated/α-hetero) is 1. The molecule has 0 aromatic heterocycles. The largest absolute Gasteiger partial charge is 0.374 e. The predicted molar refractivity (Wildman–Crippen MR) is 191 cm³/mol. The monoisotopic (exact) mass is 662 g/mol. The van der Waals surface area contributed by atoms with Crippen molar-refractivity contribution < 1.29 is 28.5 Å². The average molecular weight is 663 g/mol. The van der Waals surface area contributed by atoms with E-state index in [-0.39, 0.29) is 5.92 Å². The molecule has 49 heavy (non-hydrogen) atoms. The van der Waals surface area contributed by atoms with Crippen LogP contribution in [0.4, 0.5) is 0 Å². The van der Waals surface area contributed by atoms with Crippen molar-refractivity contribution in [1.29, 1.82) is 0 Å². The van der Waals surface area contributed by atoms with Gasteiger partial charge in [-0.3, -0.25) is 4.79 Å². The Labute approximate surface area is 291 Å². The number of rotatable bonds is 15. The van der Waals surface area contributed by atoms with E-state index >= 15 is 0 Å². The van der Waals surface area contributed by atoms with E-state index in [4.69, 9.17) is 23.7 Å². The van der Waals surface area contributed by atoms with Crippen LogP contribution in [0.5, 0.6) is 0 Å². The highest BCUT2D eigenvalue weighted by atomic mass is 16.6. The van der Waals surface area contributed by atoms with Gasteiger partial charge in [-0.25, -0.2) is 0 Å². The third-order valence-corrected chi connectivity index (χ3v) is 10.3. The maximum atomic E-state index is 12.7. The summed E-state index contributed by atoms with van der Waals surface area (Å²) in [4.78, 5) is 12.7. The molecule has 0 N–H and O–H groups in total. The van der Waals surface area contributed by atoms with Crippen molar-refractivity contribution in [3.05, 3.63) is 144 Å². The summed E-state index contributed by atoms with van der Waals surface area (Å²) in [5.74, 6) is 0.514. The fraction of sp³-hybridized carbons (Fsp3) is 0.419. The molecule has 0 radical (unpaired) electrons. The number of carbonyl (C=O) groups is 1. The van der Waals surface area contributed by atoms with Gasteiger partial charge in [-0.2, -0.15) is 0 Å². The molecule has 6 heteroatoms. The molecule has 4 unspecified atom stereocenters. The zero-order valence-corrected chi connectivity index (χ0v) is 28.9. The Kier molecular flexibility index (Phi) is 12.1. The van der Waals surface area contributed by atoms with Gasteiger partial charge >= 0.3 is 0 Å². The Morgan fingerprint density at radius 3 is 1.73 bits per heavy atom. The van der Waals surface area contributed by atoms with Gasteiger partial charge in [0.25, 0.3) is 0 Å². The topological polar surface area (TPSA) is 63.2 Å². The molecule has 0 spiro atoms. The van der Waals surface area contributed by atoms with E-state index in [9.17, 15) is 4.79 Å². The molecule has 2 fully saturated rings. The Morgan fingerprint density at radius 2 is 1.18 bits per heavy atom. The minimum Gasteiger partial charge on any atom is -0.374 e. The van der Waals surface area contributed by atoms with Crippen molar-refractivity contribution in [3.8, 4) is 0 Å². The van der Waals surface area contributed by atoms with E-state index in [2.05, 4.69) is 62.4 Å². The first-order valence-electron chi connectivity index (χ1n) is 17.7. The van der Waals surface area contributed by atoms with Crippen LogP contribution in [0.3, 0.4) is 0 Å². The summed E-state index contributed by atoms with van der Waals surface area (Å²) in [5.41, 5.74) is 2.52. The van der Waals surface area contributed by atoms with E-state index in [1.165, 1.54) is 0 Å². The first kappa shape index (κ1) is 35.2. The molecule has 6 nitrogen and oxygen atoms in total. The number of ketones is 1. The third-order valence-electron chi connectivity index (χ3n) is 10.3. The van der Waals surface area contributed by atoms with Gasteiger partial charge in [0.1, 0.15) is 29.7 Å². The summed E-state index contributed by atoms with van der Waals surface area (Å²) < 4.78 is 34.6. The second-order valence-corrected chi connectivity index (χ2v) is 14.0. The van der Waals surface area contributed by atoms with E-state index < -0.39 is 29.5 Å². The van der Waals surface area contributed by atoms with Crippen molar-refractivity contribution in [3.63, 3.8) is 0 Å². The molecule has 1 saturated carbocycles. The van der Waals surface area contributed by atoms with E-state index in [1.807, 2.05) is 72.8 Å². The van der Waals surface area contributed by atoms with E-state index in [1.54, 1.807) is 0 Å². The molecular weight excluding hydrogens is 612 g/mol. The highest BCUT2D eigenvalue weighted by Gasteiger charge is 2.62. The van der Waals surface area contributed by atoms with Crippen molar-refractivity contribution in [2.75, 3.05) is 6.61 Å². The molecule has 1 saturated heterocycles. The van der Waals surface area contributed by atoms with Crippen molar-refractivity contribution in [1.82, 2.24) is 0 Å². The van der Waals surface area contributed by atoms with Crippen LogP contribution in [0.2, 0.25) is 0 Å². The maximum Gasteiger partial charge on any atom is 0.133 e. The molecule has 4 aromatic carbocycles. The van der Waals surface area contributed by atoms with E-state index in [0.29, 0.717) is 58.1 Å². The minimum atomic E-state index is -0.949. The van der Waals surface area contributed by atoms with Gasteiger partial charge in [-0.15, -0.1) is 0 Å². The van der Waals surface area contributed by atoms with Crippen molar-refractivity contribution in [2.24, 2.45) is 5.92 Å². The van der Waals surface area contributed by atoms with Crippen LogP contribution in [0.25, 0.3) is 0 Å². The van der Waals surface area contributed by atoms with Gasteiger partial charge in [0, 0.05) is 12.8 Å². The fourth-order valence-electron chi connectivity index (χ4n) is 7.43. The lowest BCUT2D eigenvalue weighted by molar-refractivity contribution is -0.345. The van der Waals surface area contributed by atoms with Crippen LogP contribution in [0.1, 0.15) is 68.2 Å². The summed E-state index contributed by atoms with van der Waals surface area (Å²) in [5, 5.41) is 0. The van der Waals surface area contributed by atoms with Crippen LogP contribution < -0.4 is 0 Å². The predicted octanol–water partition coefficient (Wildman–Crippen LogP) is 8.66. The lowest BCUT2D eigenvalue weighted by Gasteiger charge is -2.58. The second-order valence-electron chi connectivity index (χ2n) is 14.0. The van der Waals surface area contributed by atoms with Crippen LogP contribution in [0.15, 0.2) is 121 Å². The zero-order valence-electron chi connectivity index (χ0n) is 28.9. The van der Waals surface area contributed by atoms with Gasteiger partial charge in [0.05, 0.1) is 38.6 Å². The number of ether oxygens (including phenoxy) is 5. The van der Waals surface area contributed by atoms with Gasteiger partial charge in [0.2, 0.25) is 0 Å². The van der Waals surface area contributed by atoms with E-state index in [0.717, 1.165) is 35.1 Å². The van der Waals surface area contributed by atoms with Crippen LogP contribution in [-0.2, 0) is 54.9 Å². The fourth-order valence-corrected chi connectivity index (χ4v) is 7.43. The van der Waals surface area contributed by atoms with Crippen LogP contribution >= 0.6 is 0 Å². The molecular formula is C43H50O6. The normalized spacial score (nSPS) is 27.2. The lowest BCUT2D eigenvalue weighted by atomic mass is 9.68. The summed E-state index contributed by atoms with van der Waals surface area (Å²) in [6.45, 7) is 6.19. The lowest BCUT2D eigenvalue weighted by Crippen LogP contribution is -2.73. The molecule has 6 atom stereocenters. The molecule has 2 aliphatic rings. The van der Waals surface area contributed by atoms with Gasteiger partial charge in [0.15, 0.2) is 0 Å². The first-order valence-corrected chi connectivity index (χ1v) is 17.7. The van der Waals surface area contributed by atoms with Crippen LogP contribution in [-0.4, -0.2) is 41.9 Å². The highest BCUT2D eigenvalue weighted by molar-refractivity contribution is 5.79. The number of benzene rings is 4. The molecule has 1 aliphatic heterocycles. The number of hydrogen-bond donors (Lipinski definition) is 0. The summed E-state index contributed by atoms with van der Waals surface area (Å²) in [6.07, 6.45) is 2.28. The quantitative estimate of drug-likeness (QED) is 0.127. The highest BCUT2D eigenvalue weighted by Crippen LogP contribution is 2.48. The smallest absolute Gasteiger partial charge is 0.133 e. The Morgan fingerprint density at radius 1 is 0.673 bits per heavy atom. The Hall–Kier alpha value is -3.65. The average Bonchev–Trinajstić information content (AvgIpc) is 3.13. The molecule has 6 rings (SSSR count). The third kappa shape index (κ3) is 9.13. The standard InChI is InChI=1S/C43H50O6/c1-42(27-37-24-15-25-38(44)26-37)43(2,48-31-36-22-13-6-14-23-36)41(47-30-35-20-11-5-12-21-35)40(46-29-34-18-9-4-10-19-34)39(49-42)32-45-28-33-16-7-3-8-17-33/h3-14,16-23,37,39-41H,15,24-32H2,1-2H3/t37?,39?,40-,41?,42-,43?/m0/s1. The summed E-state index contributed by atoms with van der Waals surface area (Å²) in [6, 6.07) is 40.8. The van der Waals surface area contributed by atoms with Gasteiger partial charge < -0.3 is 23.7 Å². The van der Waals surface area contributed by atoms with Crippen molar-refractivity contribution in [2.45, 2.75) is 102 Å². The SMILES string of the molecule is CC1(OCc2ccccc2)C(OCc2ccccc2)[C@@H](OCc2ccccc2)C(COCc2ccccc2)O[C@@]1(C)CC1CCCC(=O)C1. The van der Waals surface area contributed by atoms with Crippen molar-refractivity contribution >= 4 is 5.78 Å². The number of hydrogen-bond acceptors (Lipinski definition) is 6. The summed E-state index contributed by atoms with van der Waals surface area (Å²) in [7, 11) is 0. The maximum absolute atomic E-state index is 12.7. The second kappa shape index (κ2) is 16.8. The molecule has 0 bridgehead atoms. The molecule has 0 amide bonds. The zero-order chi connectivity index (χ0) is 33.9. The number of carbonyl (C=O) groups excluding carboxylic acids is 1. The molecule has 1 heterocycles. The Balaban J connectivity index is 1.37. The molecule has 4 aromatic rings. The molecule has 1 aliphatic carbocycles. The first-order chi connectivity index (χ1) is 23.9. The molecule has 258 valence electrons. The Bertz CT molecular complexity index is 1570. The van der Waals surface area contributed by atoms with Gasteiger partial charge in [-0.05, 0) is 61.3 Å². The summed E-state index contributed by atoms with van der Waals surface area (Å²) >= 11 is 0.